The number of nitrogens with zero attached hydrogens (tertiary/aromatic N) is 2. The number of imidazole rings is 1. The molecule has 0 aliphatic rings. The predicted molar refractivity (Wildman–Crippen MR) is 137 cm³/mol. The lowest BCUT2D eigenvalue weighted by molar-refractivity contribution is -0.192. The number of halogens is 3. The third kappa shape index (κ3) is 9.87. The monoisotopic (exact) mass is 602 g/mol. The maximum absolute atomic E-state index is 13.0. The van der Waals surface area contributed by atoms with Crippen LogP contribution >= 0.6 is 0 Å². The highest BCUT2D eigenvalue weighted by Gasteiger charge is 2.38. The van der Waals surface area contributed by atoms with Gasteiger partial charge in [0.25, 0.3) is 0 Å². The molecule has 2 aromatic carbocycles. The SMILES string of the molecule is CC(=O)Nc1ccc(S(=O)(=O)NC(C=O)CC(=O)O)c(OC(C)Cn2cnc3ccccc32)c1.O=C(O)C(F)(F)F. The summed E-state index contributed by atoms with van der Waals surface area (Å²) < 4.78 is 67.6. The van der Waals surface area contributed by atoms with Gasteiger partial charge < -0.3 is 29.6 Å². The van der Waals surface area contributed by atoms with E-state index in [-0.39, 0.29) is 22.8 Å². The summed E-state index contributed by atoms with van der Waals surface area (Å²) in [7, 11) is -4.34. The lowest BCUT2D eigenvalue weighted by atomic mass is 10.2. The first-order valence-electron chi connectivity index (χ1n) is 11.5. The highest BCUT2D eigenvalue weighted by atomic mass is 32.2. The number of ether oxygens (including phenoxy) is 1. The van der Waals surface area contributed by atoms with E-state index < -0.39 is 46.7 Å². The minimum Gasteiger partial charge on any atom is -0.487 e. The van der Waals surface area contributed by atoms with Crippen molar-refractivity contribution >= 4 is 50.9 Å². The minimum atomic E-state index is -5.08. The number of carboxylic acid groups (broad SMARTS) is 2. The minimum absolute atomic E-state index is 0.0735. The van der Waals surface area contributed by atoms with Gasteiger partial charge in [-0.05, 0) is 31.2 Å². The Morgan fingerprint density at radius 3 is 2.34 bits per heavy atom. The summed E-state index contributed by atoms with van der Waals surface area (Å²) in [6, 6.07) is 9.98. The second-order valence-corrected chi connectivity index (χ2v) is 10.1. The normalized spacial score (nSPS) is 12.9. The van der Waals surface area contributed by atoms with Crippen LogP contribution in [0.15, 0.2) is 53.7 Å². The summed E-state index contributed by atoms with van der Waals surface area (Å²) in [5.41, 5.74) is 1.98. The van der Waals surface area contributed by atoms with Gasteiger partial charge in [0.05, 0.1) is 36.4 Å². The molecule has 1 heterocycles. The van der Waals surface area contributed by atoms with Crippen LogP contribution in [-0.2, 0) is 35.7 Å². The lowest BCUT2D eigenvalue weighted by Crippen LogP contribution is -2.37. The largest absolute Gasteiger partial charge is 0.490 e. The van der Waals surface area contributed by atoms with Crippen molar-refractivity contribution in [3.63, 3.8) is 0 Å². The maximum atomic E-state index is 13.0. The summed E-state index contributed by atoms with van der Waals surface area (Å²) >= 11 is 0. The first-order chi connectivity index (χ1) is 19.0. The highest BCUT2D eigenvalue weighted by molar-refractivity contribution is 7.89. The van der Waals surface area contributed by atoms with Crippen molar-refractivity contribution in [2.75, 3.05) is 5.32 Å². The van der Waals surface area contributed by atoms with Gasteiger partial charge in [-0.3, -0.25) is 9.59 Å². The molecule has 0 aliphatic carbocycles. The number of benzene rings is 2. The molecule has 0 spiro atoms. The molecule has 0 fully saturated rings. The standard InChI is InChI=1S/C22H24N4O7S.C2HF3O2/c1-14(11-26-13-23-18-5-3-4-6-19(18)26)33-20-9-16(24-15(2)28)7-8-21(20)34(31,32)25-17(12-27)10-22(29)30;3-2(4,5)1(6)7/h3-9,12-14,17,25H,10-11H2,1-2H3,(H,24,28)(H,29,30);(H,6,7). The Kier molecular flexibility index (Phi) is 10.9. The number of amides is 1. The Hall–Kier alpha value is -4.51. The van der Waals surface area contributed by atoms with E-state index in [4.69, 9.17) is 19.7 Å². The number of aliphatic carboxylic acids is 2. The van der Waals surface area contributed by atoms with Crippen molar-refractivity contribution < 1.29 is 55.7 Å². The first kappa shape index (κ1) is 32.7. The number of alkyl halides is 3. The molecule has 3 aromatic rings. The third-order valence-electron chi connectivity index (χ3n) is 4.97. The zero-order valence-corrected chi connectivity index (χ0v) is 22.3. The number of fused-ring (bicyclic) bond motifs is 1. The van der Waals surface area contributed by atoms with Crippen LogP contribution in [-0.4, -0.2) is 70.6 Å². The van der Waals surface area contributed by atoms with Crippen molar-refractivity contribution in [1.29, 1.82) is 0 Å². The zero-order chi connectivity index (χ0) is 31.0. The van der Waals surface area contributed by atoms with Crippen LogP contribution in [0.3, 0.4) is 0 Å². The molecule has 0 saturated carbocycles. The van der Waals surface area contributed by atoms with Crippen LogP contribution in [0, 0.1) is 0 Å². The summed E-state index contributed by atoms with van der Waals surface area (Å²) in [5.74, 6) is -4.53. The summed E-state index contributed by atoms with van der Waals surface area (Å²) in [5, 5.41) is 18.6. The van der Waals surface area contributed by atoms with Crippen molar-refractivity contribution in [3.05, 3.63) is 48.8 Å². The van der Waals surface area contributed by atoms with Crippen molar-refractivity contribution in [1.82, 2.24) is 14.3 Å². The van der Waals surface area contributed by atoms with Gasteiger partial charge in [-0.15, -0.1) is 0 Å². The number of carbonyl (C=O) groups excluding carboxylic acids is 2. The van der Waals surface area contributed by atoms with E-state index >= 15 is 0 Å². The van der Waals surface area contributed by atoms with Crippen LogP contribution in [0.2, 0.25) is 0 Å². The number of sulfonamides is 1. The number of anilines is 1. The van der Waals surface area contributed by atoms with E-state index in [1.807, 2.05) is 28.8 Å². The molecule has 41 heavy (non-hydrogen) atoms. The van der Waals surface area contributed by atoms with E-state index in [1.165, 1.54) is 25.1 Å². The van der Waals surface area contributed by atoms with Crippen LogP contribution in [0.5, 0.6) is 5.75 Å². The quantitative estimate of drug-likeness (QED) is 0.237. The van der Waals surface area contributed by atoms with Gasteiger partial charge in [0.1, 0.15) is 23.0 Å². The van der Waals surface area contributed by atoms with Gasteiger partial charge in [-0.25, -0.2) is 22.9 Å². The number of carboxylic acids is 2. The number of aromatic nitrogens is 2. The fourth-order valence-corrected chi connectivity index (χ4v) is 4.64. The van der Waals surface area contributed by atoms with Gasteiger partial charge in [0.2, 0.25) is 15.9 Å². The topological polar surface area (TPSA) is 194 Å². The molecule has 0 bridgehead atoms. The molecule has 3 rings (SSSR count). The number of nitrogens with one attached hydrogen (secondary N) is 2. The number of carbonyl (C=O) groups is 4. The Balaban J connectivity index is 0.000000745. The number of hydrogen-bond donors (Lipinski definition) is 4. The summed E-state index contributed by atoms with van der Waals surface area (Å²) in [4.78, 5) is 46.5. The zero-order valence-electron chi connectivity index (χ0n) is 21.5. The first-order valence-corrected chi connectivity index (χ1v) is 13.0. The molecule has 0 radical (unpaired) electrons. The smallest absolute Gasteiger partial charge is 0.487 e. The molecule has 17 heteroatoms. The van der Waals surface area contributed by atoms with Crippen LogP contribution in [0.25, 0.3) is 11.0 Å². The number of rotatable bonds is 11. The predicted octanol–water partition coefficient (Wildman–Crippen LogP) is 2.42. The molecule has 4 N–H and O–H groups in total. The molecule has 2 unspecified atom stereocenters. The molecular weight excluding hydrogens is 577 g/mol. The fraction of sp³-hybridized carbons (Fsp3) is 0.292. The third-order valence-corrected chi connectivity index (χ3v) is 6.50. The van der Waals surface area contributed by atoms with E-state index in [1.54, 1.807) is 13.3 Å². The van der Waals surface area contributed by atoms with Gasteiger partial charge in [-0.2, -0.15) is 13.2 Å². The maximum Gasteiger partial charge on any atom is 0.490 e. The number of hydrogen-bond acceptors (Lipinski definition) is 8. The summed E-state index contributed by atoms with van der Waals surface area (Å²) in [6.45, 7) is 3.39. The van der Waals surface area contributed by atoms with Crippen LogP contribution < -0.4 is 14.8 Å². The Morgan fingerprint density at radius 1 is 1.15 bits per heavy atom. The molecule has 0 aliphatic heterocycles. The van der Waals surface area contributed by atoms with Crippen LogP contribution in [0.4, 0.5) is 18.9 Å². The molecular formula is C24H25F3N4O9S. The Labute approximate surface area is 231 Å². The lowest BCUT2D eigenvalue weighted by Gasteiger charge is -2.20. The van der Waals surface area contributed by atoms with Crippen molar-refractivity contribution in [2.24, 2.45) is 0 Å². The van der Waals surface area contributed by atoms with Gasteiger partial charge in [0.15, 0.2) is 0 Å². The molecule has 222 valence electrons. The highest BCUT2D eigenvalue weighted by Crippen LogP contribution is 2.29. The Bertz CT molecular complexity index is 1520. The van der Waals surface area contributed by atoms with Gasteiger partial charge in [-0.1, -0.05) is 12.1 Å². The molecule has 2 atom stereocenters. The van der Waals surface area contributed by atoms with Crippen LogP contribution in [0.1, 0.15) is 20.3 Å². The molecule has 13 nitrogen and oxygen atoms in total. The average Bonchev–Trinajstić information content (AvgIpc) is 3.25. The fourth-order valence-electron chi connectivity index (χ4n) is 3.36. The van der Waals surface area contributed by atoms with E-state index in [0.29, 0.717) is 12.2 Å². The van der Waals surface area contributed by atoms with Gasteiger partial charge >= 0.3 is 18.1 Å². The second kappa shape index (κ2) is 13.7. The van der Waals surface area contributed by atoms with E-state index in [0.717, 1.165) is 11.0 Å². The van der Waals surface area contributed by atoms with E-state index in [9.17, 15) is 36.0 Å². The number of para-hydroxylation sites is 2. The molecule has 1 amide bonds. The summed E-state index contributed by atoms with van der Waals surface area (Å²) in [6.07, 6.45) is -4.46. The second-order valence-electron chi connectivity index (χ2n) is 8.42. The van der Waals surface area contributed by atoms with Crippen molar-refractivity contribution in [2.45, 2.75) is 50.0 Å². The van der Waals surface area contributed by atoms with E-state index in [2.05, 4.69) is 15.0 Å². The van der Waals surface area contributed by atoms with Crippen molar-refractivity contribution in [3.8, 4) is 5.75 Å². The molecule has 0 saturated heterocycles. The number of aldehydes is 1. The molecule has 1 aromatic heterocycles. The Morgan fingerprint density at radius 2 is 1.78 bits per heavy atom. The average molecular weight is 603 g/mol. The van der Waals surface area contributed by atoms with Gasteiger partial charge in [0, 0.05) is 18.7 Å².